The maximum Gasteiger partial charge on any atom is 0.312 e. The van der Waals surface area contributed by atoms with Crippen LogP contribution >= 0.6 is 11.6 Å². The average Bonchev–Trinajstić information content (AvgIpc) is 1.53. The summed E-state index contributed by atoms with van der Waals surface area (Å²) in [4.78, 5) is 177. The number of nitrogens with one attached hydrogen (secondary N) is 10. The van der Waals surface area contributed by atoms with Gasteiger partial charge in [-0.2, -0.15) is 0 Å². The van der Waals surface area contributed by atoms with E-state index in [-0.39, 0.29) is 108 Å². The predicted octanol–water partition coefficient (Wildman–Crippen LogP) is 0.702. The molecule has 2 heterocycles. The second kappa shape index (κ2) is 39.8. The summed E-state index contributed by atoms with van der Waals surface area (Å²) in [7, 11) is 0. The number of phenols is 1. The lowest BCUT2D eigenvalue weighted by Crippen LogP contribution is -2.61. The van der Waals surface area contributed by atoms with E-state index in [1.165, 1.54) is 55.4 Å². The number of hydrogen-bond acceptors (Lipinski definition) is 15. The number of benzene rings is 4. The minimum Gasteiger partial charge on any atom is -0.508 e. The Kier molecular flexibility index (Phi) is 31.2. The smallest absolute Gasteiger partial charge is 0.312 e. The van der Waals surface area contributed by atoms with Crippen LogP contribution in [0.25, 0.3) is 10.8 Å². The number of nitrogens with zero attached hydrogens (tertiary/aromatic N) is 3. The third-order valence-corrected chi connectivity index (χ3v) is 17.2. The maximum atomic E-state index is 14.9. The summed E-state index contributed by atoms with van der Waals surface area (Å²) in [5.41, 5.74) is 24.1. The Labute approximate surface area is 596 Å². The van der Waals surface area contributed by atoms with Gasteiger partial charge in [-0.15, -0.1) is 0 Å². The Morgan fingerprint density at radius 2 is 1.07 bits per heavy atom. The summed E-state index contributed by atoms with van der Waals surface area (Å²) in [6.45, 7) is 7.93. The van der Waals surface area contributed by atoms with Crippen LogP contribution in [-0.2, 0) is 78.4 Å². The van der Waals surface area contributed by atoms with Gasteiger partial charge in [-0.25, -0.2) is 4.79 Å². The number of urea groups is 1. The van der Waals surface area contributed by atoms with Crippen LogP contribution in [0.5, 0.6) is 5.75 Å². The molecular formula is C71H94ClN17O13. The van der Waals surface area contributed by atoms with Gasteiger partial charge >= 0.3 is 6.03 Å². The topological polar surface area (TPSA) is 478 Å². The number of nitrogens with two attached hydrogens (primary N) is 4. The molecular weight excluding hydrogens is 1330 g/mol. The van der Waals surface area contributed by atoms with Gasteiger partial charge in [-0.3, -0.25) is 62.7 Å². The van der Waals surface area contributed by atoms with Gasteiger partial charge in [0, 0.05) is 69.7 Å². The number of guanidine groups is 1. The molecule has 1 fully saturated rings. The number of fused-ring (bicyclic) bond motifs is 1. The molecule has 0 spiro atoms. The van der Waals surface area contributed by atoms with Crippen molar-refractivity contribution in [3.05, 3.63) is 143 Å². The van der Waals surface area contributed by atoms with Gasteiger partial charge in [-0.05, 0) is 128 Å². The Hall–Kier alpha value is -10.9. The van der Waals surface area contributed by atoms with Crippen molar-refractivity contribution in [2.75, 3.05) is 19.6 Å². The molecule has 19 N–H and O–H groups in total. The van der Waals surface area contributed by atoms with Gasteiger partial charge in [0.1, 0.15) is 66.2 Å². The van der Waals surface area contributed by atoms with Crippen molar-refractivity contribution in [2.24, 2.45) is 33.8 Å². The molecule has 102 heavy (non-hydrogen) atoms. The normalized spacial score (nSPS) is 15.2. The van der Waals surface area contributed by atoms with Gasteiger partial charge in [0.05, 0.1) is 0 Å². The second-order valence-corrected chi connectivity index (χ2v) is 26.0. The molecule has 1 saturated heterocycles. The van der Waals surface area contributed by atoms with Crippen LogP contribution in [0.4, 0.5) is 4.79 Å². The molecule has 0 radical (unpaired) electrons. The maximum absolute atomic E-state index is 14.9. The van der Waals surface area contributed by atoms with Crippen LogP contribution in [-0.4, -0.2) is 172 Å². The van der Waals surface area contributed by atoms with E-state index in [9.17, 15) is 62.6 Å². The zero-order valence-corrected chi connectivity index (χ0v) is 58.6. The van der Waals surface area contributed by atoms with E-state index in [1.54, 1.807) is 57.2 Å². The first-order valence-electron chi connectivity index (χ1n) is 33.8. The van der Waals surface area contributed by atoms with Crippen LogP contribution in [0, 0.1) is 5.92 Å². The highest BCUT2D eigenvalue weighted by atomic mass is 35.5. The first-order valence-corrected chi connectivity index (χ1v) is 34.2. The molecule has 30 nitrogen and oxygen atoms in total. The number of aromatic nitrogens is 1. The monoisotopic (exact) mass is 1430 g/mol. The Balaban J connectivity index is 1.26. The number of aromatic hydroxyl groups is 1. The molecule has 1 aromatic heterocycles. The number of rotatable bonds is 38. The number of aliphatic imine (C=N–C) groups is 1. The Morgan fingerprint density at radius 1 is 0.569 bits per heavy atom. The van der Waals surface area contributed by atoms with Gasteiger partial charge in [0.2, 0.25) is 65.0 Å². The van der Waals surface area contributed by atoms with E-state index in [1.807, 2.05) is 42.5 Å². The molecule has 548 valence electrons. The van der Waals surface area contributed by atoms with Crippen LogP contribution in [0.1, 0.15) is 108 Å². The summed E-state index contributed by atoms with van der Waals surface area (Å²) in [6.07, 6.45) is 3.08. The average molecular weight is 1430 g/mol. The first kappa shape index (κ1) is 80.1. The van der Waals surface area contributed by atoms with Gasteiger partial charge in [0.25, 0.3) is 0 Å². The number of amides is 13. The molecule has 5 aromatic rings. The SMILES string of the molecule is CC[C@H](NC(=O)[C@@H](Cc1cccnc1)NC(=O)[C@@H](Cc1ccc(Cl)cc1)NC(=O)[C@@H](Cc1ccc2ccccc2c1)NC(C)=O)C(=O)N[C@@H](Cc1ccc(O)cc1)C(=O)N[C@H](CCCNC(N)=O)C(=O)N[C@@H](CC(C)C)C(=O)N[C@@H](CCCN=C(N)N)C(=O)N1CCC[C@@H]1C(=O)N[C@H](C)C(N)=O. The molecule has 0 aliphatic carbocycles. The molecule has 0 saturated carbocycles. The number of hydrogen-bond donors (Lipinski definition) is 15. The third kappa shape index (κ3) is 26.0. The Bertz CT molecular complexity index is 3770. The highest BCUT2D eigenvalue weighted by Crippen LogP contribution is 2.22. The van der Waals surface area contributed by atoms with E-state index >= 15 is 0 Å². The molecule has 0 unspecified atom stereocenters. The zero-order chi connectivity index (χ0) is 74.6. The number of primary amides is 2. The largest absolute Gasteiger partial charge is 0.508 e. The lowest BCUT2D eigenvalue weighted by atomic mass is 9.99. The zero-order valence-electron chi connectivity index (χ0n) is 57.8. The highest BCUT2D eigenvalue weighted by Gasteiger charge is 2.40. The minimum atomic E-state index is -1.53. The molecule has 4 aromatic carbocycles. The van der Waals surface area contributed by atoms with Crippen molar-refractivity contribution < 1.29 is 62.6 Å². The molecule has 1 aliphatic rings. The summed E-state index contributed by atoms with van der Waals surface area (Å²) < 4.78 is 0. The lowest BCUT2D eigenvalue weighted by Gasteiger charge is -2.31. The molecule has 31 heteroatoms. The summed E-state index contributed by atoms with van der Waals surface area (Å²) >= 11 is 6.24. The fourth-order valence-corrected chi connectivity index (χ4v) is 11.7. The van der Waals surface area contributed by atoms with E-state index in [0.717, 1.165) is 16.3 Å². The van der Waals surface area contributed by atoms with Crippen molar-refractivity contribution in [3.63, 3.8) is 0 Å². The lowest BCUT2D eigenvalue weighted by molar-refractivity contribution is -0.142. The van der Waals surface area contributed by atoms with E-state index in [0.29, 0.717) is 28.1 Å². The first-order chi connectivity index (χ1) is 48.6. The van der Waals surface area contributed by atoms with Gasteiger partial charge in [-0.1, -0.05) is 105 Å². The Morgan fingerprint density at radius 3 is 1.63 bits per heavy atom. The van der Waals surface area contributed by atoms with Crippen molar-refractivity contribution in [3.8, 4) is 5.75 Å². The fourth-order valence-electron chi connectivity index (χ4n) is 11.6. The predicted molar refractivity (Wildman–Crippen MR) is 382 cm³/mol. The quantitative estimate of drug-likeness (QED) is 0.0147. The summed E-state index contributed by atoms with van der Waals surface area (Å²) in [6, 6.07) is 14.8. The number of likely N-dealkylation sites (tertiary alicyclic amines) is 1. The van der Waals surface area contributed by atoms with E-state index in [2.05, 4.69) is 63.1 Å². The number of phenolic OH excluding ortho intramolecular Hbond substituents is 1. The third-order valence-electron chi connectivity index (χ3n) is 16.9. The van der Waals surface area contributed by atoms with Gasteiger partial charge < -0.3 is 86.1 Å². The second-order valence-electron chi connectivity index (χ2n) is 25.6. The van der Waals surface area contributed by atoms with Gasteiger partial charge in [0.15, 0.2) is 5.96 Å². The number of carbonyl (C=O) groups excluding carboxylic acids is 12. The highest BCUT2D eigenvalue weighted by molar-refractivity contribution is 6.30. The minimum absolute atomic E-state index is 0.000791. The summed E-state index contributed by atoms with van der Waals surface area (Å²) in [5, 5.41) is 39.4. The van der Waals surface area contributed by atoms with Crippen molar-refractivity contribution in [2.45, 2.75) is 172 Å². The van der Waals surface area contributed by atoms with Crippen molar-refractivity contribution >= 4 is 99.3 Å². The van der Waals surface area contributed by atoms with Crippen molar-refractivity contribution in [1.29, 1.82) is 0 Å². The fraction of sp³-hybridized carbons (Fsp3) is 0.437. The van der Waals surface area contributed by atoms with Crippen molar-refractivity contribution in [1.82, 2.24) is 63.1 Å². The van der Waals surface area contributed by atoms with Crippen LogP contribution in [0.3, 0.4) is 0 Å². The van der Waals surface area contributed by atoms with E-state index in [4.69, 9.17) is 34.5 Å². The molecule has 13 amide bonds. The van der Waals surface area contributed by atoms with E-state index < -0.39 is 131 Å². The molecule has 6 rings (SSSR count). The van der Waals surface area contributed by atoms with Crippen LogP contribution in [0.2, 0.25) is 5.02 Å². The number of halogens is 1. The number of pyridine rings is 1. The standard InChI is InChI=1S/C71H94ClN17O13/c1-6-51(82-65(97)58(38-46-13-9-29-77-39-46)88-67(99)57(35-43-20-25-49(72)26-21-43)87-64(96)55(81-42(5)90)37-45-19-24-47-14-7-8-15-48(47)34-45)61(93)86-56(36-44-22-27-50(91)28-23-44)66(98)83-52(16-10-31-79-71(76)102)62(94)85-54(33-40(2)3)63(95)84-53(17-11-30-78-70(74)75)69(101)89-32-12-18-59(89)68(100)80-41(4)60(73)92/h7-9,13-15,19-29,34,39-41,51-59,91H,6,10-12,16-18,30-33,35-38H2,1-5H3,(H2,73,92)(H,80,100)(H,81,90)(H,82,97)(H,83,98)(H,84,95)(H,85,94)(H,86,93)(H,87,96)(H,88,99)(H4,74,75,78)(H3,76,79,102)/t41-,51+,52-,53+,54+,55-,56+,57-,58-,59-/m1/s1. The van der Waals surface area contributed by atoms with Crippen LogP contribution in [0.15, 0.2) is 121 Å². The molecule has 10 atom stereocenters. The molecule has 0 bridgehead atoms. The summed E-state index contributed by atoms with van der Waals surface area (Å²) in [5.74, 6) is -9.06. The molecule has 1 aliphatic heterocycles. The number of carbonyl (C=O) groups is 12. The van der Waals surface area contributed by atoms with Crippen LogP contribution < -0.4 is 76.1 Å².